The van der Waals surface area contributed by atoms with Crippen LogP contribution in [0.15, 0.2) is 54.6 Å². The molecule has 1 aliphatic heterocycles. The normalized spacial score (nSPS) is 14.4. The maximum Gasteiger partial charge on any atom is 0.303 e. The Morgan fingerprint density at radius 3 is 2.20 bits per heavy atom. The van der Waals surface area contributed by atoms with Crippen molar-refractivity contribution in [1.82, 2.24) is 4.90 Å². The SMILES string of the molecule is CC(=O)N(CCCC(=O)O)C(=O)c1ccc(N2CCC(c3ccccc3)CC2)cc1. The van der Waals surface area contributed by atoms with E-state index in [0.29, 0.717) is 11.5 Å². The first-order valence-corrected chi connectivity index (χ1v) is 10.4. The van der Waals surface area contributed by atoms with Crippen molar-refractivity contribution in [3.8, 4) is 0 Å². The molecule has 1 heterocycles. The first kappa shape index (κ1) is 21.6. The maximum absolute atomic E-state index is 12.7. The number of piperidine rings is 1. The molecule has 1 saturated heterocycles. The van der Waals surface area contributed by atoms with Crippen molar-refractivity contribution in [3.05, 3.63) is 65.7 Å². The molecular weight excluding hydrogens is 380 g/mol. The number of aliphatic carboxylic acids is 1. The molecule has 158 valence electrons. The average Bonchev–Trinajstić information content (AvgIpc) is 2.77. The first-order valence-electron chi connectivity index (χ1n) is 10.4. The second-order valence-corrected chi connectivity index (χ2v) is 7.69. The largest absolute Gasteiger partial charge is 0.481 e. The second kappa shape index (κ2) is 10.1. The van der Waals surface area contributed by atoms with E-state index in [0.717, 1.165) is 36.5 Å². The number of hydrogen-bond donors (Lipinski definition) is 1. The van der Waals surface area contributed by atoms with E-state index in [1.54, 1.807) is 12.1 Å². The second-order valence-electron chi connectivity index (χ2n) is 7.69. The molecular formula is C24H28N2O4. The zero-order valence-electron chi connectivity index (χ0n) is 17.3. The van der Waals surface area contributed by atoms with Crippen LogP contribution < -0.4 is 4.90 Å². The molecule has 0 radical (unpaired) electrons. The lowest BCUT2D eigenvalue weighted by Gasteiger charge is -2.34. The molecule has 2 aromatic carbocycles. The Hall–Kier alpha value is -3.15. The minimum absolute atomic E-state index is 0.0745. The van der Waals surface area contributed by atoms with Gasteiger partial charge in [-0.25, -0.2) is 0 Å². The standard InChI is InChI=1S/C24H28N2O4/c1-18(27)26(15-5-8-23(28)29)24(30)21-9-11-22(12-10-21)25-16-13-20(14-17-25)19-6-3-2-4-7-19/h2-4,6-7,9-12,20H,5,8,13-17H2,1H3,(H,28,29). The van der Waals surface area contributed by atoms with Gasteiger partial charge in [-0.15, -0.1) is 0 Å². The van der Waals surface area contributed by atoms with Gasteiger partial charge in [-0.3, -0.25) is 19.3 Å². The summed E-state index contributed by atoms with van der Waals surface area (Å²) in [5.41, 5.74) is 2.90. The van der Waals surface area contributed by atoms with Gasteiger partial charge in [0.2, 0.25) is 5.91 Å². The van der Waals surface area contributed by atoms with E-state index in [1.165, 1.54) is 12.5 Å². The van der Waals surface area contributed by atoms with Crippen LogP contribution in [0.2, 0.25) is 0 Å². The summed E-state index contributed by atoms with van der Waals surface area (Å²) in [6.45, 7) is 3.35. The number of carboxylic acid groups (broad SMARTS) is 1. The van der Waals surface area contributed by atoms with Gasteiger partial charge in [-0.2, -0.15) is 0 Å². The minimum Gasteiger partial charge on any atom is -0.481 e. The average molecular weight is 408 g/mol. The number of hydrogen-bond acceptors (Lipinski definition) is 4. The Kier molecular flexibility index (Phi) is 7.22. The summed E-state index contributed by atoms with van der Waals surface area (Å²) < 4.78 is 0. The Bertz CT molecular complexity index is 872. The summed E-state index contributed by atoms with van der Waals surface area (Å²) >= 11 is 0. The molecule has 2 aromatic rings. The third-order valence-corrected chi connectivity index (χ3v) is 5.64. The predicted molar refractivity (Wildman–Crippen MR) is 116 cm³/mol. The van der Waals surface area contributed by atoms with Gasteiger partial charge in [0.1, 0.15) is 0 Å². The minimum atomic E-state index is -0.939. The molecule has 0 spiro atoms. The van der Waals surface area contributed by atoms with Crippen molar-refractivity contribution in [1.29, 1.82) is 0 Å². The molecule has 0 aromatic heterocycles. The third-order valence-electron chi connectivity index (χ3n) is 5.64. The van der Waals surface area contributed by atoms with Gasteiger partial charge < -0.3 is 10.0 Å². The zero-order chi connectivity index (χ0) is 21.5. The zero-order valence-corrected chi connectivity index (χ0v) is 17.3. The summed E-state index contributed by atoms with van der Waals surface area (Å²) in [7, 11) is 0. The highest BCUT2D eigenvalue weighted by atomic mass is 16.4. The van der Waals surface area contributed by atoms with Crippen LogP contribution in [0.5, 0.6) is 0 Å². The molecule has 0 aliphatic carbocycles. The maximum atomic E-state index is 12.7. The van der Waals surface area contributed by atoms with Crippen molar-refractivity contribution in [3.63, 3.8) is 0 Å². The summed E-state index contributed by atoms with van der Waals surface area (Å²) in [5.74, 6) is -1.12. The molecule has 1 fully saturated rings. The summed E-state index contributed by atoms with van der Waals surface area (Å²) in [6.07, 6.45) is 2.35. The summed E-state index contributed by atoms with van der Waals surface area (Å²) in [4.78, 5) is 38.7. The lowest BCUT2D eigenvalue weighted by atomic mass is 9.89. The molecule has 3 rings (SSSR count). The number of carbonyl (C=O) groups excluding carboxylic acids is 2. The molecule has 1 aliphatic rings. The number of nitrogens with zero attached hydrogens (tertiary/aromatic N) is 2. The summed E-state index contributed by atoms with van der Waals surface area (Å²) in [6, 6.07) is 17.9. The van der Waals surface area contributed by atoms with E-state index in [2.05, 4.69) is 29.2 Å². The highest BCUT2D eigenvalue weighted by Gasteiger charge is 2.22. The van der Waals surface area contributed by atoms with Crippen LogP contribution >= 0.6 is 0 Å². The van der Waals surface area contributed by atoms with Gasteiger partial charge >= 0.3 is 5.97 Å². The fourth-order valence-electron chi connectivity index (χ4n) is 3.96. The smallest absolute Gasteiger partial charge is 0.303 e. The van der Waals surface area contributed by atoms with Crippen molar-refractivity contribution in [2.24, 2.45) is 0 Å². The van der Waals surface area contributed by atoms with Crippen molar-refractivity contribution in [2.75, 3.05) is 24.5 Å². The van der Waals surface area contributed by atoms with E-state index in [9.17, 15) is 14.4 Å². The number of amides is 2. The first-order chi connectivity index (χ1) is 14.5. The van der Waals surface area contributed by atoms with Crippen LogP contribution in [0.3, 0.4) is 0 Å². The molecule has 0 unspecified atom stereocenters. The fraction of sp³-hybridized carbons (Fsp3) is 0.375. The highest BCUT2D eigenvalue weighted by molar-refractivity contribution is 6.04. The topological polar surface area (TPSA) is 77.9 Å². The summed E-state index contributed by atoms with van der Waals surface area (Å²) in [5, 5.41) is 8.76. The predicted octanol–water partition coefficient (Wildman–Crippen LogP) is 3.92. The van der Waals surface area contributed by atoms with Crippen LogP contribution in [-0.4, -0.2) is 47.4 Å². The van der Waals surface area contributed by atoms with E-state index in [-0.39, 0.29) is 31.2 Å². The number of rotatable bonds is 7. The van der Waals surface area contributed by atoms with Crippen LogP contribution in [0.1, 0.15) is 54.4 Å². The number of anilines is 1. The third kappa shape index (κ3) is 5.47. The quantitative estimate of drug-likeness (QED) is 0.751. The fourth-order valence-corrected chi connectivity index (χ4v) is 3.96. The van der Waals surface area contributed by atoms with Gasteiger partial charge in [0.05, 0.1) is 0 Å². The van der Waals surface area contributed by atoms with E-state index >= 15 is 0 Å². The van der Waals surface area contributed by atoms with Gasteiger partial charge in [-0.05, 0) is 55.0 Å². The number of carboxylic acids is 1. The molecule has 2 amide bonds. The van der Waals surface area contributed by atoms with E-state index < -0.39 is 5.97 Å². The lowest BCUT2D eigenvalue weighted by molar-refractivity contribution is -0.137. The lowest BCUT2D eigenvalue weighted by Crippen LogP contribution is -2.36. The van der Waals surface area contributed by atoms with Crippen LogP contribution in [0.25, 0.3) is 0 Å². The molecule has 30 heavy (non-hydrogen) atoms. The Balaban J connectivity index is 1.59. The van der Waals surface area contributed by atoms with Crippen LogP contribution in [0.4, 0.5) is 5.69 Å². The highest BCUT2D eigenvalue weighted by Crippen LogP contribution is 2.30. The number of imide groups is 1. The molecule has 0 saturated carbocycles. The Labute approximate surface area is 177 Å². The van der Waals surface area contributed by atoms with Crippen molar-refractivity contribution in [2.45, 2.75) is 38.5 Å². The molecule has 1 N–H and O–H groups in total. The monoisotopic (exact) mass is 408 g/mol. The number of carbonyl (C=O) groups is 3. The molecule has 0 atom stereocenters. The molecule has 0 bridgehead atoms. The van der Waals surface area contributed by atoms with E-state index in [4.69, 9.17) is 5.11 Å². The van der Waals surface area contributed by atoms with E-state index in [1.807, 2.05) is 18.2 Å². The van der Waals surface area contributed by atoms with Crippen LogP contribution in [0, 0.1) is 0 Å². The molecule has 6 nitrogen and oxygen atoms in total. The van der Waals surface area contributed by atoms with Crippen LogP contribution in [-0.2, 0) is 9.59 Å². The van der Waals surface area contributed by atoms with Gasteiger partial charge in [0, 0.05) is 44.2 Å². The van der Waals surface area contributed by atoms with Crippen molar-refractivity contribution < 1.29 is 19.5 Å². The molecule has 6 heteroatoms. The van der Waals surface area contributed by atoms with Gasteiger partial charge in [0.25, 0.3) is 5.91 Å². The van der Waals surface area contributed by atoms with Gasteiger partial charge in [0.15, 0.2) is 0 Å². The van der Waals surface area contributed by atoms with Crippen molar-refractivity contribution >= 4 is 23.5 Å². The number of benzene rings is 2. The Morgan fingerprint density at radius 1 is 1.00 bits per heavy atom. The Morgan fingerprint density at radius 2 is 1.63 bits per heavy atom. The van der Waals surface area contributed by atoms with Gasteiger partial charge in [-0.1, -0.05) is 30.3 Å².